The summed E-state index contributed by atoms with van der Waals surface area (Å²) in [5.74, 6) is 5.89. The van der Waals surface area contributed by atoms with Crippen LogP contribution in [0.25, 0.3) is 10.9 Å². The summed E-state index contributed by atoms with van der Waals surface area (Å²) in [7, 11) is -3.79. The van der Waals surface area contributed by atoms with Crippen molar-refractivity contribution in [3.8, 4) is 0 Å². The van der Waals surface area contributed by atoms with Crippen LogP contribution in [0.4, 0.5) is 10.5 Å². The third-order valence-electron chi connectivity index (χ3n) is 4.09. The number of hydrazine groups is 1. The lowest BCUT2D eigenvalue weighted by Crippen LogP contribution is -2.41. The lowest BCUT2D eigenvalue weighted by molar-refractivity contribution is 0.0580. The van der Waals surface area contributed by atoms with Gasteiger partial charge in [0.25, 0.3) is 10.0 Å². The van der Waals surface area contributed by atoms with Crippen LogP contribution in [-0.2, 0) is 14.8 Å². The smallest absolute Gasteiger partial charge is 0.429 e. The number of benzene rings is 2. The van der Waals surface area contributed by atoms with Gasteiger partial charge in [-0.3, -0.25) is 0 Å². The van der Waals surface area contributed by atoms with Gasteiger partial charge in [0.2, 0.25) is 0 Å². The molecule has 2 N–H and O–H groups in total. The highest BCUT2D eigenvalue weighted by atomic mass is 32.2. The summed E-state index contributed by atoms with van der Waals surface area (Å²) >= 11 is 0. The summed E-state index contributed by atoms with van der Waals surface area (Å²) in [6, 6.07) is 13.2. The average molecular weight is 401 g/mol. The summed E-state index contributed by atoms with van der Waals surface area (Å²) in [5, 5.41) is 1.57. The highest BCUT2D eigenvalue weighted by Crippen LogP contribution is 2.26. The fourth-order valence-electron chi connectivity index (χ4n) is 2.69. The van der Waals surface area contributed by atoms with Crippen molar-refractivity contribution in [2.45, 2.75) is 38.2 Å². The Morgan fingerprint density at radius 1 is 1.07 bits per heavy atom. The number of hydrogen-bond donors (Lipinski definition) is 1. The fraction of sp³-hybridized carbons (Fsp3) is 0.250. The van der Waals surface area contributed by atoms with E-state index in [2.05, 4.69) is 0 Å². The van der Waals surface area contributed by atoms with Crippen LogP contribution in [0.3, 0.4) is 0 Å². The van der Waals surface area contributed by atoms with Crippen molar-refractivity contribution in [2.75, 3.05) is 5.01 Å². The van der Waals surface area contributed by atoms with E-state index < -0.39 is 21.7 Å². The van der Waals surface area contributed by atoms with Crippen molar-refractivity contribution >= 4 is 32.7 Å². The second-order valence-corrected chi connectivity index (χ2v) is 9.34. The minimum atomic E-state index is -3.79. The van der Waals surface area contributed by atoms with Gasteiger partial charge in [-0.05, 0) is 58.0 Å². The quantitative estimate of drug-likeness (QED) is 0.409. The van der Waals surface area contributed by atoms with Crippen LogP contribution >= 0.6 is 0 Å². The number of aryl methyl sites for hydroxylation is 1. The average Bonchev–Trinajstić information content (AvgIpc) is 3.03. The molecule has 0 saturated carbocycles. The highest BCUT2D eigenvalue weighted by Gasteiger charge is 2.23. The predicted molar refractivity (Wildman–Crippen MR) is 109 cm³/mol. The first-order valence-corrected chi connectivity index (χ1v) is 10.1. The van der Waals surface area contributed by atoms with Crippen LogP contribution in [0.1, 0.15) is 26.3 Å². The fourth-order valence-corrected chi connectivity index (χ4v) is 4.04. The third kappa shape index (κ3) is 3.88. The van der Waals surface area contributed by atoms with E-state index in [1.54, 1.807) is 69.3 Å². The summed E-state index contributed by atoms with van der Waals surface area (Å²) < 4.78 is 32.5. The Balaban J connectivity index is 2.03. The molecule has 0 atom stereocenters. The largest absolute Gasteiger partial charge is 0.442 e. The number of hydrogen-bond acceptors (Lipinski definition) is 5. The molecule has 0 saturated heterocycles. The lowest BCUT2D eigenvalue weighted by Gasteiger charge is -2.24. The van der Waals surface area contributed by atoms with Gasteiger partial charge in [0, 0.05) is 11.6 Å². The monoisotopic (exact) mass is 401 g/mol. The van der Waals surface area contributed by atoms with Crippen molar-refractivity contribution < 1.29 is 17.9 Å². The Morgan fingerprint density at radius 3 is 2.32 bits per heavy atom. The molecule has 0 unspecified atom stereocenters. The van der Waals surface area contributed by atoms with E-state index in [4.69, 9.17) is 10.6 Å². The van der Waals surface area contributed by atoms with Gasteiger partial charge in [-0.25, -0.2) is 28.0 Å². The number of anilines is 1. The molecular formula is C20H23N3O4S. The molecule has 0 radical (unpaired) electrons. The van der Waals surface area contributed by atoms with Gasteiger partial charge >= 0.3 is 6.09 Å². The standard InChI is InChI=1S/C20H23N3O4S/c1-14-5-9-17(10-6-14)28(25,26)22-12-11-15-7-8-16(13-18(15)22)23(21)19(24)27-20(2,3)4/h5-13H,21H2,1-4H3. The van der Waals surface area contributed by atoms with Crippen molar-refractivity contribution in [3.63, 3.8) is 0 Å². The van der Waals surface area contributed by atoms with Crippen LogP contribution < -0.4 is 10.9 Å². The zero-order valence-electron chi connectivity index (χ0n) is 16.2. The SMILES string of the molecule is Cc1ccc(S(=O)(=O)n2ccc3ccc(N(N)C(=O)OC(C)(C)C)cc32)cc1. The molecule has 8 heteroatoms. The molecule has 7 nitrogen and oxygen atoms in total. The van der Waals surface area contributed by atoms with E-state index in [0.717, 1.165) is 10.6 Å². The molecule has 148 valence electrons. The number of carbonyl (C=O) groups excluding carboxylic acids is 1. The van der Waals surface area contributed by atoms with E-state index in [1.165, 1.54) is 10.2 Å². The molecule has 1 heterocycles. The zero-order valence-corrected chi connectivity index (χ0v) is 17.0. The van der Waals surface area contributed by atoms with Crippen LogP contribution in [0, 0.1) is 6.92 Å². The molecule has 1 amide bonds. The summed E-state index contributed by atoms with van der Waals surface area (Å²) in [5.41, 5.74) is 1.00. The number of rotatable bonds is 3. The molecule has 0 spiro atoms. The van der Waals surface area contributed by atoms with Gasteiger partial charge in [0.1, 0.15) is 5.60 Å². The number of nitrogens with two attached hydrogens (primary N) is 1. The molecule has 3 aromatic rings. The first-order chi connectivity index (χ1) is 13.0. The Bertz CT molecular complexity index is 1130. The lowest BCUT2D eigenvalue weighted by atomic mass is 10.2. The number of aromatic nitrogens is 1. The van der Waals surface area contributed by atoms with Crippen molar-refractivity contribution in [3.05, 3.63) is 60.3 Å². The maximum Gasteiger partial charge on any atom is 0.429 e. The van der Waals surface area contributed by atoms with Crippen molar-refractivity contribution in [1.29, 1.82) is 0 Å². The van der Waals surface area contributed by atoms with Gasteiger partial charge in [-0.2, -0.15) is 0 Å². The minimum Gasteiger partial charge on any atom is -0.442 e. The van der Waals surface area contributed by atoms with E-state index >= 15 is 0 Å². The van der Waals surface area contributed by atoms with Gasteiger partial charge in [0.05, 0.1) is 16.1 Å². The molecule has 0 aliphatic heterocycles. The van der Waals surface area contributed by atoms with Gasteiger partial charge < -0.3 is 4.74 Å². The van der Waals surface area contributed by atoms with Gasteiger partial charge in [-0.1, -0.05) is 23.8 Å². The van der Waals surface area contributed by atoms with Crippen molar-refractivity contribution in [2.24, 2.45) is 5.84 Å². The molecule has 0 aliphatic carbocycles. The molecule has 0 fully saturated rings. The van der Waals surface area contributed by atoms with E-state index in [9.17, 15) is 13.2 Å². The van der Waals surface area contributed by atoms with Crippen LogP contribution in [0.5, 0.6) is 0 Å². The molecule has 0 aliphatic rings. The van der Waals surface area contributed by atoms with Gasteiger partial charge in [0.15, 0.2) is 0 Å². The third-order valence-corrected chi connectivity index (χ3v) is 5.79. The number of carbonyl (C=O) groups is 1. The maximum absolute atomic E-state index is 13.0. The van der Waals surface area contributed by atoms with E-state index in [0.29, 0.717) is 16.6 Å². The number of nitrogens with zero attached hydrogens (tertiary/aromatic N) is 2. The molecule has 1 aromatic heterocycles. The summed E-state index contributed by atoms with van der Waals surface area (Å²) in [4.78, 5) is 12.4. The Hall–Kier alpha value is -2.84. The van der Waals surface area contributed by atoms with Gasteiger partial charge in [-0.15, -0.1) is 0 Å². The summed E-state index contributed by atoms with van der Waals surface area (Å²) in [6.07, 6.45) is 0.754. The van der Waals surface area contributed by atoms with Crippen LogP contribution in [-0.4, -0.2) is 24.1 Å². The van der Waals surface area contributed by atoms with Crippen LogP contribution in [0.2, 0.25) is 0 Å². The zero-order chi connectivity index (χ0) is 20.7. The Labute approximate surface area is 164 Å². The normalized spacial score (nSPS) is 12.2. The Kier molecular flexibility index (Phi) is 4.95. The number of ether oxygens (including phenoxy) is 1. The predicted octanol–water partition coefficient (Wildman–Crippen LogP) is 3.80. The minimum absolute atomic E-state index is 0.178. The Morgan fingerprint density at radius 2 is 1.71 bits per heavy atom. The molecule has 2 aromatic carbocycles. The topological polar surface area (TPSA) is 94.6 Å². The maximum atomic E-state index is 13.0. The first-order valence-electron chi connectivity index (χ1n) is 8.70. The first kappa shape index (κ1) is 19.9. The summed E-state index contributed by atoms with van der Waals surface area (Å²) in [6.45, 7) is 7.10. The number of amides is 1. The highest BCUT2D eigenvalue weighted by molar-refractivity contribution is 7.90. The van der Waals surface area contributed by atoms with Crippen molar-refractivity contribution in [1.82, 2.24) is 3.97 Å². The van der Waals surface area contributed by atoms with Crippen LogP contribution in [0.15, 0.2) is 59.6 Å². The second kappa shape index (κ2) is 6.96. The van der Waals surface area contributed by atoms with E-state index in [-0.39, 0.29) is 4.90 Å². The molecule has 0 bridgehead atoms. The molecule has 3 rings (SSSR count). The molecular weight excluding hydrogens is 378 g/mol. The second-order valence-electron chi connectivity index (χ2n) is 7.52. The molecule has 28 heavy (non-hydrogen) atoms. The van der Waals surface area contributed by atoms with E-state index in [1.807, 2.05) is 6.92 Å². The number of fused-ring (bicyclic) bond motifs is 1.